The minimum Gasteiger partial charge on any atom is -0.378 e. The van der Waals surface area contributed by atoms with Gasteiger partial charge in [0.2, 0.25) is 0 Å². The van der Waals surface area contributed by atoms with E-state index in [1.807, 2.05) is 6.92 Å². The Morgan fingerprint density at radius 1 is 1.35 bits per heavy atom. The Morgan fingerprint density at radius 3 is 2.65 bits per heavy atom. The third kappa shape index (κ3) is 3.30. The number of aromatic nitrogens is 2. The molecule has 0 saturated heterocycles. The normalized spacial score (nSPS) is 18.1. The van der Waals surface area contributed by atoms with Gasteiger partial charge in [0.1, 0.15) is 16.1 Å². The van der Waals surface area contributed by atoms with Gasteiger partial charge in [-0.15, -0.1) is 0 Å². The number of nitrogens with one attached hydrogen (secondary N) is 1. The average Bonchev–Trinajstić information content (AvgIpc) is 2.45. The lowest BCUT2D eigenvalue weighted by Crippen LogP contribution is -2.35. The minimum absolute atomic E-state index is 0.316. The monoisotopic (exact) mass is 360 g/mol. The summed E-state index contributed by atoms with van der Waals surface area (Å²) in [6.07, 6.45) is 5.58. The summed E-state index contributed by atoms with van der Waals surface area (Å²) in [7, 11) is 1.67. The second-order valence-electron chi connectivity index (χ2n) is 5.10. The second kappa shape index (κ2) is 7.11. The molecule has 0 radical (unpaired) electrons. The number of hydrogen-bond donors (Lipinski definition) is 1. The van der Waals surface area contributed by atoms with Gasteiger partial charge in [-0.2, -0.15) is 0 Å². The highest BCUT2D eigenvalue weighted by atomic mass is 79.9. The molecular weight excluding hydrogens is 340 g/mol. The zero-order valence-corrected chi connectivity index (χ0v) is 14.4. The molecule has 1 aliphatic rings. The van der Waals surface area contributed by atoms with Gasteiger partial charge in [0.05, 0.1) is 16.8 Å². The van der Waals surface area contributed by atoms with Gasteiger partial charge in [-0.3, -0.25) is 0 Å². The Kier molecular flexibility index (Phi) is 5.72. The molecular formula is C14H21BrN2O2S. The molecule has 6 heteroatoms. The first-order chi connectivity index (χ1) is 9.63. The molecule has 0 aromatic carbocycles. The van der Waals surface area contributed by atoms with E-state index in [4.69, 9.17) is 21.7 Å². The van der Waals surface area contributed by atoms with Crippen molar-refractivity contribution in [1.82, 2.24) is 9.97 Å². The summed E-state index contributed by atoms with van der Waals surface area (Å²) in [4.78, 5) is 7.94. The van der Waals surface area contributed by atoms with E-state index in [1.165, 1.54) is 6.42 Å². The van der Waals surface area contributed by atoms with Crippen LogP contribution in [0, 0.1) is 4.64 Å². The average molecular weight is 361 g/mol. The van der Waals surface area contributed by atoms with Crippen molar-refractivity contribution in [3.63, 3.8) is 0 Å². The maximum Gasteiger partial charge on any atom is 0.144 e. The summed E-state index contributed by atoms with van der Waals surface area (Å²) in [5.74, 6) is 0.847. The molecule has 20 heavy (non-hydrogen) atoms. The summed E-state index contributed by atoms with van der Waals surface area (Å²) in [5, 5.41) is 0. The summed E-state index contributed by atoms with van der Waals surface area (Å²) in [6, 6.07) is 0. The second-order valence-corrected chi connectivity index (χ2v) is 6.28. The molecule has 1 aliphatic carbocycles. The maximum atomic E-state index is 6.09. The van der Waals surface area contributed by atoms with Crippen LogP contribution in [-0.2, 0) is 21.7 Å². The van der Waals surface area contributed by atoms with Gasteiger partial charge in [-0.25, -0.2) is 4.98 Å². The van der Waals surface area contributed by atoms with E-state index in [-0.39, 0.29) is 5.60 Å². The first kappa shape index (κ1) is 16.1. The summed E-state index contributed by atoms with van der Waals surface area (Å²) >= 11 is 8.83. The predicted molar refractivity (Wildman–Crippen MR) is 84.2 cm³/mol. The first-order valence-corrected chi connectivity index (χ1v) is 8.25. The van der Waals surface area contributed by atoms with Crippen molar-refractivity contribution in [3.8, 4) is 0 Å². The molecule has 0 amide bonds. The van der Waals surface area contributed by atoms with E-state index in [1.54, 1.807) is 7.11 Å². The number of hydrogen-bond acceptors (Lipinski definition) is 4. The molecule has 0 atom stereocenters. The lowest BCUT2D eigenvalue weighted by atomic mass is 9.83. The number of ether oxygens (including phenoxy) is 2. The van der Waals surface area contributed by atoms with Crippen LogP contribution in [0.5, 0.6) is 0 Å². The van der Waals surface area contributed by atoms with Gasteiger partial charge in [-0.1, -0.05) is 31.5 Å². The van der Waals surface area contributed by atoms with Crippen LogP contribution >= 0.6 is 28.1 Å². The number of methoxy groups -OCH3 is 1. The topological polar surface area (TPSA) is 47.1 Å². The van der Waals surface area contributed by atoms with Crippen LogP contribution in [0.25, 0.3) is 0 Å². The van der Waals surface area contributed by atoms with E-state index >= 15 is 0 Å². The van der Waals surface area contributed by atoms with Crippen molar-refractivity contribution >= 4 is 28.1 Å². The molecule has 0 bridgehead atoms. The fourth-order valence-electron chi connectivity index (χ4n) is 2.81. The first-order valence-electron chi connectivity index (χ1n) is 7.05. The molecule has 1 heterocycles. The van der Waals surface area contributed by atoms with Gasteiger partial charge < -0.3 is 14.5 Å². The van der Waals surface area contributed by atoms with Crippen LogP contribution in [-0.4, -0.2) is 23.7 Å². The quantitative estimate of drug-likeness (QED) is 0.797. The Balaban J connectivity index is 2.45. The van der Waals surface area contributed by atoms with Crippen LogP contribution in [0.4, 0.5) is 0 Å². The van der Waals surface area contributed by atoms with E-state index < -0.39 is 0 Å². The van der Waals surface area contributed by atoms with E-state index in [0.29, 0.717) is 17.9 Å². The molecule has 2 rings (SSSR count). The Bertz CT molecular complexity index is 507. The molecule has 112 valence electrons. The van der Waals surface area contributed by atoms with Crippen molar-refractivity contribution in [3.05, 3.63) is 20.6 Å². The van der Waals surface area contributed by atoms with Crippen molar-refractivity contribution in [1.29, 1.82) is 0 Å². The Labute approximate surface area is 133 Å². The van der Waals surface area contributed by atoms with Crippen LogP contribution < -0.4 is 0 Å². The van der Waals surface area contributed by atoms with Crippen LogP contribution in [0.15, 0.2) is 4.47 Å². The van der Waals surface area contributed by atoms with E-state index in [9.17, 15) is 0 Å². The fraction of sp³-hybridized carbons (Fsp3) is 0.714. The SMILES string of the molecule is CCOC1(c2nc(=S)c(Br)c(COC)[nH]2)CCCCC1. The van der Waals surface area contributed by atoms with Crippen molar-refractivity contribution < 1.29 is 9.47 Å². The standard InChI is InChI=1S/C14H21BrN2O2S/c1-3-19-14(7-5-4-6-8-14)13-16-10(9-18-2)11(15)12(20)17-13/h3-9H2,1-2H3,(H,16,17,20). The lowest BCUT2D eigenvalue weighted by molar-refractivity contribution is -0.0770. The van der Waals surface area contributed by atoms with E-state index in [0.717, 1.165) is 41.7 Å². The van der Waals surface area contributed by atoms with E-state index in [2.05, 4.69) is 25.9 Å². The number of H-pyrrole nitrogens is 1. The lowest BCUT2D eigenvalue weighted by Gasteiger charge is -2.36. The molecule has 0 spiro atoms. The van der Waals surface area contributed by atoms with Gasteiger partial charge in [0, 0.05) is 13.7 Å². The third-order valence-corrected chi connectivity index (χ3v) is 5.15. The molecule has 1 N–H and O–H groups in total. The van der Waals surface area contributed by atoms with Crippen LogP contribution in [0.1, 0.15) is 50.5 Å². The van der Waals surface area contributed by atoms with Gasteiger partial charge in [0.15, 0.2) is 0 Å². The van der Waals surface area contributed by atoms with Gasteiger partial charge in [-0.05, 0) is 35.7 Å². The zero-order chi connectivity index (χ0) is 14.6. The largest absolute Gasteiger partial charge is 0.378 e. The maximum absolute atomic E-state index is 6.09. The molecule has 1 fully saturated rings. The molecule has 0 aliphatic heterocycles. The molecule has 1 saturated carbocycles. The molecule has 1 aromatic rings. The van der Waals surface area contributed by atoms with Crippen LogP contribution in [0.2, 0.25) is 0 Å². The number of aromatic amines is 1. The van der Waals surface area contributed by atoms with Gasteiger partial charge >= 0.3 is 0 Å². The molecule has 4 nitrogen and oxygen atoms in total. The zero-order valence-electron chi connectivity index (χ0n) is 12.0. The van der Waals surface area contributed by atoms with Crippen LogP contribution in [0.3, 0.4) is 0 Å². The Hall–Kier alpha value is -0.300. The summed E-state index contributed by atoms with van der Waals surface area (Å²) in [5.41, 5.74) is 0.608. The molecule has 0 unspecified atom stereocenters. The third-order valence-electron chi connectivity index (χ3n) is 3.74. The molecule has 1 aromatic heterocycles. The highest BCUT2D eigenvalue weighted by Crippen LogP contribution is 2.39. The smallest absolute Gasteiger partial charge is 0.144 e. The number of nitrogens with zero attached hydrogens (tertiary/aromatic N) is 1. The van der Waals surface area contributed by atoms with Crippen molar-refractivity contribution in [2.75, 3.05) is 13.7 Å². The highest BCUT2D eigenvalue weighted by Gasteiger charge is 2.37. The van der Waals surface area contributed by atoms with Crippen molar-refractivity contribution in [2.24, 2.45) is 0 Å². The summed E-state index contributed by atoms with van der Waals surface area (Å²) in [6.45, 7) is 3.18. The fourth-order valence-corrected chi connectivity index (χ4v) is 3.33. The summed E-state index contributed by atoms with van der Waals surface area (Å²) < 4.78 is 12.7. The Morgan fingerprint density at radius 2 is 2.05 bits per heavy atom. The predicted octanol–water partition coefficient (Wildman–Crippen LogP) is 4.24. The number of halogens is 1. The number of rotatable bonds is 5. The van der Waals surface area contributed by atoms with Gasteiger partial charge in [0.25, 0.3) is 0 Å². The minimum atomic E-state index is -0.316. The van der Waals surface area contributed by atoms with Crippen molar-refractivity contribution in [2.45, 2.75) is 51.2 Å². The highest BCUT2D eigenvalue weighted by molar-refractivity contribution is 9.10.